The topological polar surface area (TPSA) is 46.2 Å². The van der Waals surface area contributed by atoms with Crippen LogP contribution in [0.25, 0.3) is 0 Å². The summed E-state index contributed by atoms with van der Waals surface area (Å²) in [4.78, 5) is 0.334. The summed E-state index contributed by atoms with van der Waals surface area (Å²) in [5, 5.41) is -0.0913. The molecule has 0 heterocycles. The van der Waals surface area contributed by atoms with Crippen molar-refractivity contribution in [3.05, 3.63) is 0 Å². The van der Waals surface area contributed by atoms with Crippen LogP contribution in [-0.4, -0.2) is 25.0 Å². The Labute approximate surface area is 87.5 Å². The molecule has 0 aliphatic heterocycles. The average Bonchev–Trinajstić information content (AvgIpc) is 2.89. The molecule has 1 unspecified atom stereocenters. The van der Waals surface area contributed by atoms with Gasteiger partial charge >= 0.3 is 0 Å². The van der Waals surface area contributed by atoms with Crippen molar-refractivity contribution in [2.45, 2.75) is 35.8 Å². The van der Waals surface area contributed by atoms with Crippen LogP contribution < -0.4 is 4.72 Å². The summed E-state index contributed by atoms with van der Waals surface area (Å²) in [5.74, 6) is 0.696. The molecule has 2 fully saturated rings. The van der Waals surface area contributed by atoms with Gasteiger partial charge in [-0.05, 0) is 31.6 Å². The van der Waals surface area contributed by atoms with Crippen LogP contribution in [0.2, 0.25) is 0 Å². The maximum absolute atomic E-state index is 11.4. The van der Waals surface area contributed by atoms with Crippen LogP contribution in [0.4, 0.5) is 0 Å². The van der Waals surface area contributed by atoms with E-state index in [1.165, 1.54) is 12.8 Å². The van der Waals surface area contributed by atoms with Crippen LogP contribution in [0.5, 0.6) is 0 Å². The van der Waals surface area contributed by atoms with Gasteiger partial charge in [-0.2, -0.15) is 0 Å². The van der Waals surface area contributed by atoms with Crippen LogP contribution in [-0.2, 0) is 10.0 Å². The number of halogens is 1. The first kappa shape index (κ1) is 9.93. The highest BCUT2D eigenvalue weighted by molar-refractivity contribution is 9.09. The fraction of sp³-hybridized carbons (Fsp3) is 1.00. The normalized spacial score (nSPS) is 25.9. The molecule has 2 rings (SSSR count). The van der Waals surface area contributed by atoms with Crippen LogP contribution in [0.1, 0.15) is 25.7 Å². The summed E-state index contributed by atoms with van der Waals surface area (Å²) >= 11 is 3.50. The average molecular weight is 268 g/mol. The number of rotatable bonds is 5. The summed E-state index contributed by atoms with van der Waals surface area (Å²) in [6.45, 7) is 0.559. The van der Waals surface area contributed by atoms with E-state index in [-0.39, 0.29) is 5.25 Å². The molecule has 0 spiro atoms. The minimum absolute atomic E-state index is 0.0913. The monoisotopic (exact) mass is 267 g/mol. The summed E-state index contributed by atoms with van der Waals surface area (Å²) in [7, 11) is -2.97. The van der Waals surface area contributed by atoms with E-state index in [2.05, 4.69) is 20.7 Å². The molecule has 0 aromatic rings. The highest BCUT2D eigenvalue weighted by atomic mass is 79.9. The zero-order valence-electron chi connectivity index (χ0n) is 7.37. The van der Waals surface area contributed by atoms with E-state index < -0.39 is 10.0 Å². The lowest BCUT2D eigenvalue weighted by atomic mass is 10.3. The molecule has 13 heavy (non-hydrogen) atoms. The summed E-state index contributed by atoms with van der Waals surface area (Å²) in [6, 6.07) is 0. The SMILES string of the molecule is O=S(=O)(NCC(Br)C1CC1)C1CC1. The van der Waals surface area contributed by atoms with E-state index in [0.717, 1.165) is 12.8 Å². The van der Waals surface area contributed by atoms with Gasteiger partial charge in [0, 0.05) is 11.4 Å². The van der Waals surface area contributed by atoms with Crippen molar-refractivity contribution in [1.29, 1.82) is 0 Å². The van der Waals surface area contributed by atoms with E-state index in [1.807, 2.05) is 0 Å². The van der Waals surface area contributed by atoms with E-state index >= 15 is 0 Å². The van der Waals surface area contributed by atoms with Gasteiger partial charge in [-0.25, -0.2) is 13.1 Å². The summed E-state index contributed by atoms with van der Waals surface area (Å²) < 4.78 is 25.5. The van der Waals surface area contributed by atoms with Crippen molar-refractivity contribution >= 4 is 26.0 Å². The van der Waals surface area contributed by atoms with Crippen molar-refractivity contribution in [2.75, 3.05) is 6.54 Å². The quantitative estimate of drug-likeness (QED) is 0.762. The number of sulfonamides is 1. The molecule has 0 aromatic carbocycles. The molecule has 2 aliphatic carbocycles. The van der Waals surface area contributed by atoms with Gasteiger partial charge in [0.15, 0.2) is 0 Å². The van der Waals surface area contributed by atoms with Gasteiger partial charge in [-0.3, -0.25) is 0 Å². The molecule has 5 heteroatoms. The molecule has 1 atom stereocenters. The first-order chi connectivity index (χ1) is 6.09. The third-order valence-corrected chi connectivity index (χ3v) is 5.57. The molecule has 1 N–H and O–H groups in total. The molecule has 0 bridgehead atoms. The second-order valence-corrected chi connectivity index (χ2v) is 7.17. The first-order valence-electron chi connectivity index (χ1n) is 4.72. The maximum Gasteiger partial charge on any atom is 0.214 e. The lowest BCUT2D eigenvalue weighted by Gasteiger charge is -2.09. The molecule has 2 saturated carbocycles. The van der Waals surface area contributed by atoms with Crippen LogP contribution in [0.3, 0.4) is 0 Å². The molecule has 76 valence electrons. The Kier molecular flexibility index (Phi) is 2.68. The largest absolute Gasteiger partial charge is 0.214 e. The van der Waals surface area contributed by atoms with Crippen LogP contribution >= 0.6 is 15.9 Å². The zero-order chi connectivity index (χ0) is 9.47. The smallest absolute Gasteiger partial charge is 0.214 e. The van der Waals surface area contributed by atoms with E-state index in [0.29, 0.717) is 17.3 Å². The van der Waals surface area contributed by atoms with Gasteiger partial charge < -0.3 is 0 Å². The molecule has 0 amide bonds. The number of alkyl halides is 1. The fourth-order valence-corrected chi connectivity index (χ4v) is 3.63. The molecule has 0 aromatic heterocycles. The highest BCUT2D eigenvalue weighted by Gasteiger charge is 2.37. The predicted molar refractivity (Wildman–Crippen MR) is 55.4 cm³/mol. The van der Waals surface area contributed by atoms with Gasteiger partial charge in [-0.15, -0.1) is 0 Å². The Morgan fingerprint density at radius 3 is 2.38 bits per heavy atom. The predicted octanol–water partition coefficient (Wildman–Crippen LogP) is 1.24. The van der Waals surface area contributed by atoms with Gasteiger partial charge in [0.05, 0.1) is 5.25 Å². The van der Waals surface area contributed by atoms with Gasteiger partial charge in [-0.1, -0.05) is 15.9 Å². The summed E-state index contributed by atoms with van der Waals surface area (Å²) in [5.41, 5.74) is 0. The first-order valence-corrected chi connectivity index (χ1v) is 7.18. The highest BCUT2D eigenvalue weighted by Crippen LogP contribution is 2.36. The molecule has 3 nitrogen and oxygen atoms in total. The van der Waals surface area contributed by atoms with E-state index in [9.17, 15) is 8.42 Å². The lowest BCUT2D eigenvalue weighted by molar-refractivity contribution is 0.576. The number of hydrogen-bond donors (Lipinski definition) is 1. The molecule has 0 saturated heterocycles. The maximum atomic E-state index is 11.4. The van der Waals surface area contributed by atoms with E-state index in [4.69, 9.17) is 0 Å². The Balaban J connectivity index is 1.77. The minimum Gasteiger partial charge on any atom is -0.214 e. The molecule has 2 aliphatic rings. The van der Waals surface area contributed by atoms with Gasteiger partial charge in [0.2, 0.25) is 10.0 Å². The van der Waals surface area contributed by atoms with Crippen molar-refractivity contribution in [3.8, 4) is 0 Å². The fourth-order valence-electron chi connectivity index (χ4n) is 1.32. The Morgan fingerprint density at radius 1 is 1.31 bits per heavy atom. The van der Waals surface area contributed by atoms with Crippen molar-refractivity contribution in [3.63, 3.8) is 0 Å². The Bertz CT molecular complexity index is 283. The van der Waals surface area contributed by atoms with Crippen LogP contribution in [0, 0.1) is 5.92 Å². The number of nitrogens with one attached hydrogen (secondary N) is 1. The third kappa shape index (κ3) is 2.67. The molecular weight excluding hydrogens is 254 g/mol. The standard InChI is InChI=1S/C8H14BrNO2S/c9-8(6-1-2-6)5-10-13(11,12)7-3-4-7/h6-8,10H,1-5H2. The Hall–Kier alpha value is 0.390. The van der Waals surface area contributed by atoms with Crippen molar-refractivity contribution in [2.24, 2.45) is 5.92 Å². The summed E-state index contributed by atoms with van der Waals surface area (Å²) in [6.07, 6.45) is 4.15. The van der Waals surface area contributed by atoms with Crippen LogP contribution in [0.15, 0.2) is 0 Å². The number of hydrogen-bond acceptors (Lipinski definition) is 2. The zero-order valence-corrected chi connectivity index (χ0v) is 9.77. The second-order valence-electron chi connectivity index (χ2n) is 3.95. The third-order valence-electron chi connectivity index (χ3n) is 2.58. The molecular formula is C8H14BrNO2S. The van der Waals surface area contributed by atoms with E-state index in [1.54, 1.807) is 0 Å². The van der Waals surface area contributed by atoms with Gasteiger partial charge in [0.1, 0.15) is 0 Å². The second kappa shape index (κ2) is 3.51. The van der Waals surface area contributed by atoms with Crippen molar-refractivity contribution in [1.82, 2.24) is 4.72 Å². The Morgan fingerprint density at radius 2 is 1.92 bits per heavy atom. The van der Waals surface area contributed by atoms with Crippen molar-refractivity contribution < 1.29 is 8.42 Å². The minimum atomic E-state index is -2.97. The lowest BCUT2D eigenvalue weighted by Crippen LogP contribution is -2.32. The molecule has 0 radical (unpaired) electrons. The van der Waals surface area contributed by atoms with Gasteiger partial charge in [0.25, 0.3) is 0 Å².